The third kappa shape index (κ3) is 3.42. The summed E-state index contributed by atoms with van der Waals surface area (Å²) in [5, 5.41) is 15.1. The highest BCUT2D eigenvalue weighted by atomic mass is 32.2. The second kappa shape index (κ2) is 6.16. The first kappa shape index (κ1) is 13.3. The van der Waals surface area contributed by atoms with Gasteiger partial charge in [-0.2, -0.15) is 28.6 Å². The summed E-state index contributed by atoms with van der Waals surface area (Å²) in [6, 6.07) is 2.09. The lowest BCUT2D eigenvalue weighted by atomic mass is 10.1. The molecule has 1 aromatic heterocycles. The molecule has 2 rings (SSSR count). The van der Waals surface area contributed by atoms with Gasteiger partial charge in [0.2, 0.25) is 0 Å². The van der Waals surface area contributed by atoms with Gasteiger partial charge in [0, 0.05) is 41.2 Å². The van der Waals surface area contributed by atoms with Gasteiger partial charge in [-0.1, -0.05) is 0 Å². The van der Waals surface area contributed by atoms with Gasteiger partial charge in [-0.15, -0.1) is 0 Å². The van der Waals surface area contributed by atoms with Crippen LogP contribution in [-0.4, -0.2) is 43.5 Å². The van der Waals surface area contributed by atoms with Crippen molar-refractivity contribution < 1.29 is 5.11 Å². The minimum Gasteiger partial charge on any atom is -0.392 e. The predicted octanol–water partition coefficient (Wildman–Crippen LogP) is 1.96. The maximum atomic E-state index is 10.3. The zero-order chi connectivity index (χ0) is 12.3. The summed E-state index contributed by atoms with van der Waals surface area (Å²) >= 11 is 3.86. The lowest BCUT2D eigenvalue weighted by Gasteiger charge is -2.25. The molecule has 0 bridgehead atoms. The minimum atomic E-state index is -0.241. The second-order valence-corrected chi connectivity index (χ2v) is 6.85. The Labute approximate surface area is 111 Å². The van der Waals surface area contributed by atoms with E-state index in [0.29, 0.717) is 5.25 Å². The Bertz CT molecular complexity index is 361. The molecule has 2 unspecified atom stereocenters. The number of aromatic nitrogens is 2. The van der Waals surface area contributed by atoms with Gasteiger partial charge < -0.3 is 5.11 Å². The van der Waals surface area contributed by atoms with Gasteiger partial charge in [-0.05, 0) is 19.9 Å². The SMILES string of the molecule is CCn1nc(C)cc1CC(O)C1CSCCS1. The fraction of sp³-hybridized carbons (Fsp3) is 0.750. The van der Waals surface area contributed by atoms with Crippen LogP contribution in [0.2, 0.25) is 0 Å². The zero-order valence-corrected chi connectivity index (χ0v) is 12.1. The summed E-state index contributed by atoms with van der Waals surface area (Å²) in [7, 11) is 0. The van der Waals surface area contributed by atoms with Crippen molar-refractivity contribution in [3.8, 4) is 0 Å². The topological polar surface area (TPSA) is 38.0 Å². The van der Waals surface area contributed by atoms with Crippen LogP contribution in [0.5, 0.6) is 0 Å². The molecule has 1 N–H and O–H groups in total. The molecule has 1 aliphatic heterocycles. The Hall–Kier alpha value is -0.130. The molecule has 0 amide bonds. The predicted molar refractivity (Wildman–Crippen MR) is 75.9 cm³/mol. The number of aliphatic hydroxyl groups is 1. The Morgan fingerprint density at radius 1 is 1.59 bits per heavy atom. The first-order valence-corrected chi connectivity index (χ1v) is 8.31. The van der Waals surface area contributed by atoms with Crippen molar-refractivity contribution in [1.29, 1.82) is 0 Å². The molecule has 2 heterocycles. The average molecular weight is 272 g/mol. The van der Waals surface area contributed by atoms with Crippen LogP contribution >= 0.6 is 23.5 Å². The smallest absolute Gasteiger partial charge is 0.0721 e. The quantitative estimate of drug-likeness (QED) is 0.909. The number of nitrogens with zero attached hydrogens (tertiary/aromatic N) is 2. The van der Waals surface area contributed by atoms with E-state index in [-0.39, 0.29) is 6.10 Å². The summed E-state index contributed by atoms with van der Waals surface area (Å²) in [5.41, 5.74) is 2.20. The monoisotopic (exact) mass is 272 g/mol. The summed E-state index contributed by atoms with van der Waals surface area (Å²) in [4.78, 5) is 0. The Kier molecular flexibility index (Phi) is 4.82. The molecule has 1 aromatic rings. The normalized spacial score (nSPS) is 22.6. The molecule has 0 radical (unpaired) electrons. The van der Waals surface area contributed by atoms with Crippen LogP contribution in [0.15, 0.2) is 6.07 Å². The van der Waals surface area contributed by atoms with Gasteiger partial charge in [0.25, 0.3) is 0 Å². The zero-order valence-electron chi connectivity index (χ0n) is 10.4. The van der Waals surface area contributed by atoms with Crippen molar-refractivity contribution >= 4 is 23.5 Å². The Balaban J connectivity index is 1.98. The molecule has 1 saturated heterocycles. The number of rotatable bonds is 4. The fourth-order valence-electron chi connectivity index (χ4n) is 2.11. The molecular formula is C12H20N2OS2. The van der Waals surface area contributed by atoms with Gasteiger partial charge in [-0.25, -0.2) is 0 Å². The Morgan fingerprint density at radius 3 is 3.06 bits per heavy atom. The standard InChI is InChI=1S/C12H20N2OS2/c1-3-14-10(6-9(2)13-14)7-11(15)12-8-16-4-5-17-12/h6,11-12,15H,3-5,7-8H2,1-2H3. The van der Waals surface area contributed by atoms with Crippen molar-refractivity contribution in [2.75, 3.05) is 17.3 Å². The van der Waals surface area contributed by atoms with Crippen LogP contribution < -0.4 is 0 Å². The maximum absolute atomic E-state index is 10.3. The van der Waals surface area contributed by atoms with Gasteiger partial charge in [-0.3, -0.25) is 4.68 Å². The van der Waals surface area contributed by atoms with Gasteiger partial charge in [0.1, 0.15) is 0 Å². The maximum Gasteiger partial charge on any atom is 0.0721 e. The summed E-state index contributed by atoms with van der Waals surface area (Å²) in [6.45, 7) is 4.98. The summed E-state index contributed by atoms with van der Waals surface area (Å²) in [5.74, 6) is 3.46. The van der Waals surface area contributed by atoms with E-state index in [4.69, 9.17) is 0 Å². The highest BCUT2D eigenvalue weighted by molar-refractivity contribution is 8.06. The molecule has 0 spiro atoms. The number of hydrogen-bond acceptors (Lipinski definition) is 4. The summed E-state index contributed by atoms with van der Waals surface area (Å²) < 4.78 is 2.00. The number of aryl methyl sites for hydroxylation is 2. The van der Waals surface area contributed by atoms with Gasteiger partial charge in [0.15, 0.2) is 0 Å². The number of aliphatic hydroxyl groups excluding tert-OH is 1. The fourth-order valence-corrected chi connectivity index (χ4v) is 4.88. The first-order chi connectivity index (χ1) is 8.20. The number of hydrogen-bond donors (Lipinski definition) is 1. The molecular weight excluding hydrogens is 252 g/mol. The molecule has 2 atom stereocenters. The molecule has 3 nitrogen and oxygen atoms in total. The van der Waals surface area contributed by atoms with Crippen molar-refractivity contribution in [1.82, 2.24) is 9.78 Å². The molecule has 96 valence electrons. The highest BCUT2D eigenvalue weighted by Crippen LogP contribution is 2.27. The van der Waals surface area contributed by atoms with Crippen molar-refractivity contribution in [3.05, 3.63) is 17.5 Å². The van der Waals surface area contributed by atoms with Crippen molar-refractivity contribution in [3.63, 3.8) is 0 Å². The van der Waals surface area contributed by atoms with E-state index in [9.17, 15) is 5.11 Å². The molecule has 0 aromatic carbocycles. The van der Waals surface area contributed by atoms with Gasteiger partial charge in [0.05, 0.1) is 11.8 Å². The summed E-state index contributed by atoms with van der Waals surface area (Å²) in [6.07, 6.45) is 0.488. The molecule has 1 fully saturated rings. The molecule has 1 aliphatic rings. The van der Waals surface area contributed by atoms with E-state index in [1.807, 2.05) is 35.1 Å². The van der Waals surface area contributed by atoms with Crippen LogP contribution in [0.25, 0.3) is 0 Å². The van der Waals surface area contributed by atoms with E-state index >= 15 is 0 Å². The van der Waals surface area contributed by atoms with Crippen LogP contribution in [-0.2, 0) is 13.0 Å². The second-order valence-electron chi connectivity index (χ2n) is 4.35. The van der Waals surface area contributed by atoms with E-state index in [0.717, 1.165) is 30.1 Å². The number of thioether (sulfide) groups is 2. The van der Waals surface area contributed by atoms with Crippen LogP contribution in [0.3, 0.4) is 0 Å². The lowest BCUT2D eigenvalue weighted by molar-refractivity contribution is 0.174. The van der Waals surface area contributed by atoms with E-state index in [1.54, 1.807) is 0 Å². The van der Waals surface area contributed by atoms with E-state index in [1.165, 1.54) is 11.5 Å². The first-order valence-electron chi connectivity index (χ1n) is 6.11. The van der Waals surface area contributed by atoms with Gasteiger partial charge >= 0.3 is 0 Å². The lowest BCUT2D eigenvalue weighted by Crippen LogP contribution is -2.31. The average Bonchev–Trinajstić information content (AvgIpc) is 2.70. The molecule has 0 aliphatic carbocycles. The Morgan fingerprint density at radius 2 is 2.41 bits per heavy atom. The third-order valence-electron chi connectivity index (χ3n) is 2.97. The third-order valence-corrected chi connectivity index (χ3v) is 5.88. The van der Waals surface area contributed by atoms with E-state index < -0.39 is 0 Å². The minimum absolute atomic E-state index is 0.241. The molecule has 5 heteroatoms. The van der Waals surface area contributed by atoms with Crippen LogP contribution in [0, 0.1) is 6.92 Å². The van der Waals surface area contributed by atoms with Crippen LogP contribution in [0.1, 0.15) is 18.3 Å². The van der Waals surface area contributed by atoms with Crippen molar-refractivity contribution in [2.24, 2.45) is 0 Å². The van der Waals surface area contributed by atoms with Crippen LogP contribution in [0.4, 0.5) is 0 Å². The van der Waals surface area contributed by atoms with E-state index in [2.05, 4.69) is 18.1 Å². The van der Waals surface area contributed by atoms with Crippen molar-refractivity contribution in [2.45, 2.75) is 38.2 Å². The largest absolute Gasteiger partial charge is 0.392 e. The highest BCUT2D eigenvalue weighted by Gasteiger charge is 2.24. The molecule has 0 saturated carbocycles. The molecule has 17 heavy (non-hydrogen) atoms.